The molecule has 1 amide bonds. The Labute approximate surface area is 59.7 Å². The molecule has 2 atom stereocenters. The number of carbonyl (C=O) groups is 1. The Hall–Kier alpha value is -0.610. The molecule has 0 aromatic rings. The molecule has 4 heteroatoms. The van der Waals surface area contributed by atoms with Crippen molar-refractivity contribution in [2.75, 3.05) is 6.61 Å². The van der Waals surface area contributed by atoms with Gasteiger partial charge in [0.2, 0.25) is 0 Å². The SMILES string of the molecule is C[C@@H]1CCO[C@@H]1C(=O)NN. The number of ether oxygens (including phenoxy) is 1. The largest absolute Gasteiger partial charge is 0.368 e. The Morgan fingerprint density at radius 2 is 2.50 bits per heavy atom. The van der Waals surface area contributed by atoms with E-state index in [4.69, 9.17) is 10.6 Å². The highest BCUT2D eigenvalue weighted by molar-refractivity contribution is 5.80. The Balaban J connectivity index is 2.46. The summed E-state index contributed by atoms with van der Waals surface area (Å²) in [7, 11) is 0. The number of carbonyl (C=O) groups excluding carboxylic acids is 1. The lowest BCUT2D eigenvalue weighted by molar-refractivity contribution is -0.131. The van der Waals surface area contributed by atoms with E-state index in [2.05, 4.69) is 5.43 Å². The third kappa shape index (κ3) is 1.27. The first-order valence-corrected chi connectivity index (χ1v) is 3.37. The molecule has 1 aliphatic rings. The quantitative estimate of drug-likeness (QED) is 0.293. The number of rotatable bonds is 1. The topological polar surface area (TPSA) is 64.3 Å². The zero-order valence-electron chi connectivity index (χ0n) is 5.96. The summed E-state index contributed by atoms with van der Waals surface area (Å²) in [6.45, 7) is 2.64. The molecule has 1 aliphatic heterocycles. The van der Waals surface area contributed by atoms with Crippen molar-refractivity contribution in [1.82, 2.24) is 5.43 Å². The fourth-order valence-corrected chi connectivity index (χ4v) is 1.11. The summed E-state index contributed by atoms with van der Waals surface area (Å²) >= 11 is 0. The number of hydrazine groups is 1. The van der Waals surface area contributed by atoms with E-state index in [1.54, 1.807) is 0 Å². The zero-order valence-corrected chi connectivity index (χ0v) is 5.96. The van der Waals surface area contributed by atoms with Crippen molar-refractivity contribution < 1.29 is 9.53 Å². The molecule has 0 spiro atoms. The molecular formula is C6H12N2O2. The lowest BCUT2D eigenvalue weighted by atomic mass is 10.0. The number of amides is 1. The van der Waals surface area contributed by atoms with E-state index in [0.29, 0.717) is 12.5 Å². The van der Waals surface area contributed by atoms with E-state index in [0.717, 1.165) is 6.42 Å². The van der Waals surface area contributed by atoms with Gasteiger partial charge < -0.3 is 4.74 Å². The highest BCUT2D eigenvalue weighted by Crippen LogP contribution is 2.19. The van der Waals surface area contributed by atoms with Gasteiger partial charge >= 0.3 is 0 Å². The normalized spacial score (nSPS) is 32.2. The van der Waals surface area contributed by atoms with Crippen LogP contribution in [0.15, 0.2) is 0 Å². The van der Waals surface area contributed by atoms with Gasteiger partial charge in [0.15, 0.2) is 0 Å². The fourth-order valence-electron chi connectivity index (χ4n) is 1.11. The van der Waals surface area contributed by atoms with Gasteiger partial charge in [-0.3, -0.25) is 10.2 Å². The maximum absolute atomic E-state index is 10.9. The molecule has 10 heavy (non-hydrogen) atoms. The second kappa shape index (κ2) is 2.98. The van der Waals surface area contributed by atoms with Crippen LogP contribution in [0.1, 0.15) is 13.3 Å². The van der Waals surface area contributed by atoms with Crippen LogP contribution < -0.4 is 11.3 Å². The number of nitrogens with two attached hydrogens (primary N) is 1. The van der Waals surface area contributed by atoms with E-state index < -0.39 is 0 Å². The molecule has 0 aromatic heterocycles. The third-order valence-corrected chi connectivity index (χ3v) is 1.79. The van der Waals surface area contributed by atoms with Crippen LogP contribution in [0.2, 0.25) is 0 Å². The smallest absolute Gasteiger partial charge is 0.263 e. The van der Waals surface area contributed by atoms with Crippen LogP contribution in [0.4, 0.5) is 0 Å². The van der Waals surface area contributed by atoms with Crippen molar-refractivity contribution in [2.24, 2.45) is 11.8 Å². The molecule has 0 bridgehead atoms. The molecule has 1 heterocycles. The molecule has 0 aromatic carbocycles. The van der Waals surface area contributed by atoms with Crippen LogP contribution in [-0.4, -0.2) is 18.6 Å². The molecule has 4 nitrogen and oxygen atoms in total. The van der Waals surface area contributed by atoms with Crippen LogP contribution in [0.3, 0.4) is 0 Å². The monoisotopic (exact) mass is 144 g/mol. The van der Waals surface area contributed by atoms with Crippen molar-refractivity contribution in [3.8, 4) is 0 Å². The van der Waals surface area contributed by atoms with Crippen LogP contribution in [0.25, 0.3) is 0 Å². The second-order valence-electron chi connectivity index (χ2n) is 2.57. The Morgan fingerprint density at radius 1 is 1.80 bits per heavy atom. The van der Waals surface area contributed by atoms with Crippen LogP contribution >= 0.6 is 0 Å². The average Bonchev–Trinajstić information content (AvgIpc) is 2.34. The van der Waals surface area contributed by atoms with E-state index >= 15 is 0 Å². The van der Waals surface area contributed by atoms with E-state index in [1.165, 1.54) is 0 Å². The van der Waals surface area contributed by atoms with Gasteiger partial charge in [0.1, 0.15) is 6.10 Å². The van der Waals surface area contributed by atoms with Gasteiger partial charge in [0, 0.05) is 6.61 Å². The molecular weight excluding hydrogens is 132 g/mol. The van der Waals surface area contributed by atoms with Crippen molar-refractivity contribution in [3.05, 3.63) is 0 Å². The number of hydrogen-bond donors (Lipinski definition) is 2. The predicted octanol–water partition coefficient (Wildman–Crippen LogP) is -0.599. The van der Waals surface area contributed by atoms with Gasteiger partial charge in [-0.15, -0.1) is 0 Å². The van der Waals surface area contributed by atoms with Crippen molar-refractivity contribution >= 4 is 5.91 Å². The van der Waals surface area contributed by atoms with Crippen molar-refractivity contribution in [2.45, 2.75) is 19.4 Å². The molecule has 1 fully saturated rings. The van der Waals surface area contributed by atoms with E-state index in [-0.39, 0.29) is 12.0 Å². The summed E-state index contributed by atoms with van der Waals surface area (Å²) in [4.78, 5) is 10.9. The Bertz CT molecular complexity index is 138. The molecule has 58 valence electrons. The van der Waals surface area contributed by atoms with E-state index in [9.17, 15) is 4.79 Å². The molecule has 0 radical (unpaired) electrons. The van der Waals surface area contributed by atoms with Gasteiger partial charge in [-0.05, 0) is 12.3 Å². The van der Waals surface area contributed by atoms with Gasteiger partial charge in [-0.1, -0.05) is 6.92 Å². The molecule has 3 N–H and O–H groups in total. The molecule has 0 saturated carbocycles. The fraction of sp³-hybridized carbons (Fsp3) is 0.833. The zero-order chi connectivity index (χ0) is 7.56. The first-order chi connectivity index (χ1) is 4.75. The highest BCUT2D eigenvalue weighted by Gasteiger charge is 2.29. The minimum absolute atomic E-state index is 0.218. The Kier molecular flexibility index (Phi) is 2.24. The second-order valence-corrected chi connectivity index (χ2v) is 2.57. The summed E-state index contributed by atoms with van der Waals surface area (Å²) < 4.78 is 5.13. The van der Waals surface area contributed by atoms with Crippen molar-refractivity contribution in [3.63, 3.8) is 0 Å². The predicted molar refractivity (Wildman–Crippen MR) is 35.9 cm³/mol. The minimum atomic E-state index is -0.329. The van der Waals surface area contributed by atoms with Crippen LogP contribution in [-0.2, 0) is 9.53 Å². The summed E-state index contributed by atoms with van der Waals surface area (Å²) in [5, 5.41) is 0. The van der Waals surface area contributed by atoms with Crippen LogP contribution in [0.5, 0.6) is 0 Å². The summed E-state index contributed by atoms with van der Waals surface area (Å²) in [5.41, 5.74) is 2.07. The van der Waals surface area contributed by atoms with E-state index in [1.807, 2.05) is 6.92 Å². The summed E-state index contributed by atoms with van der Waals surface area (Å²) in [6, 6.07) is 0. The van der Waals surface area contributed by atoms with Gasteiger partial charge in [-0.25, -0.2) is 5.84 Å². The van der Waals surface area contributed by atoms with Gasteiger partial charge in [-0.2, -0.15) is 0 Å². The molecule has 0 unspecified atom stereocenters. The lowest BCUT2D eigenvalue weighted by Gasteiger charge is -2.11. The standard InChI is InChI=1S/C6H12N2O2/c1-4-2-3-10-5(4)6(9)8-7/h4-5H,2-3,7H2,1H3,(H,8,9)/t4-,5+/m1/s1. The summed E-state index contributed by atoms with van der Waals surface area (Å²) in [5.74, 6) is 5.01. The minimum Gasteiger partial charge on any atom is -0.368 e. The molecule has 1 saturated heterocycles. The molecule has 1 rings (SSSR count). The van der Waals surface area contributed by atoms with Gasteiger partial charge in [0.05, 0.1) is 0 Å². The van der Waals surface area contributed by atoms with Crippen LogP contribution in [0, 0.1) is 5.92 Å². The lowest BCUT2D eigenvalue weighted by Crippen LogP contribution is -2.41. The molecule has 0 aliphatic carbocycles. The summed E-state index contributed by atoms with van der Waals surface area (Å²) in [6.07, 6.45) is 0.614. The first kappa shape index (κ1) is 7.50. The van der Waals surface area contributed by atoms with Crippen molar-refractivity contribution in [1.29, 1.82) is 0 Å². The van der Waals surface area contributed by atoms with Gasteiger partial charge in [0.25, 0.3) is 5.91 Å². The maximum atomic E-state index is 10.9. The highest BCUT2D eigenvalue weighted by atomic mass is 16.5. The number of nitrogens with one attached hydrogen (secondary N) is 1. The number of hydrogen-bond acceptors (Lipinski definition) is 3. The third-order valence-electron chi connectivity index (χ3n) is 1.79. The first-order valence-electron chi connectivity index (χ1n) is 3.37. The average molecular weight is 144 g/mol. The maximum Gasteiger partial charge on any atom is 0.263 e. The Morgan fingerprint density at radius 3 is 2.90 bits per heavy atom.